The Morgan fingerprint density at radius 2 is 1.82 bits per heavy atom. The summed E-state index contributed by atoms with van der Waals surface area (Å²) in [5.74, 6) is -0.488. The van der Waals surface area contributed by atoms with Crippen molar-refractivity contribution in [3.05, 3.63) is 80.1 Å². The molecule has 0 aliphatic heterocycles. The van der Waals surface area contributed by atoms with Crippen LogP contribution in [0.15, 0.2) is 56.4 Å². The van der Waals surface area contributed by atoms with Crippen LogP contribution >= 0.6 is 0 Å². The Balaban J connectivity index is 1.84. The highest BCUT2D eigenvalue weighted by atomic mass is 32.2. The number of benzene rings is 2. The molecule has 11 heteroatoms. The van der Waals surface area contributed by atoms with Crippen LogP contribution in [0.2, 0.25) is 0 Å². The van der Waals surface area contributed by atoms with Crippen molar-refractivity contribution in [2.24, 2.45) is 11.4 Å². The van der Waals surface area contributed by atoms with Crippen LogP contribution in [0.5, 0.6) is 0 Å². The first kappa shape index (κ1) is 26.8. The van der Waals surface area contributed by atoms with Crippen LogP contribution in [0, 0.1) is 19.7 Å². The van der Waals surface area contributed by atoms with E-state index in [1.54, 1.807) is 75.9 Å². The van der Waals surface area contributed by atoms with Gasteiger partial charge in [0, 0.05) is 38.5 Å². The maximum atomic E-state index is 14.9. The molecule has 0 spiro atoms. The van der Waals surface area contributed by atoms with Gasteiger partial charge >= 0.3 is 0 Å². The van der Waals surface area contributed by atoms with E-state index in [0.29, 0.717) is 28.0 Å². The topological polar surface area (TPSA) is 102 Å². The Kier molecular flexibility index (Phi) is 6.68. The molecule has 1 saturated carbocycles. The van der Waals surface area contributed by atoms with Gasteiger partial charge in [-0.15, -0.1) is 0 Å². The smallest absolute Gasteiger partial charge is 0.278 e. The lowest BCUT2D eigenvalue weighted by Crippen LogP contribution is -2.29. The highest BCUT2D eigenvalue weighted by molar-refractivity contribution is 7.90. The van der Waals surface area contributed by atoms with E-state index in [1.165, 1.54) is 15.3 Å². The molecule has 4 aromatic rings. The molecule has 0 radical (unpaired) electrons. The average Bonchev–Trinajstić information content (AvgIpc) is 3.71. The van der Waals surface area contributed by atoms with Gasteiger partial charge in [0.15, 0.2) is 0 Å². The number of rotatable bonds is 6. The summed E-state index contributed by atoms with van der Waals surface area (Å²) in [7, 11) is 2.34. The number of fused-ring (bicyclic) bond motifs is 1. The molecule has 1 aliphatic rings. The Morgan fingerprint density at radius 3 is 2.46 bits per heavy atom. The number of halogens is 1. The fraction of sp³-hybridized carbons (Fsp3) is 0.321. The first-order valence-corrected chi connectivity index (χ1v) is 14.5. The highest BCUT2D eigenvalue weighted by Gasteiger charge is 2.30. The summed E-state index contributed by atoms with van der Waals surface area (Å²) in [5.41, 5.74) is 2.59. The summed E-state index contributed by atoms with van der Waals surface area (Å²) < 4.78 is 36.6. The molecule has 9 nitrogen and oxygen atoms in total. The summed E-state index contributed by atoms with van der Waals surface area (Å²) >= 11 is 0. The SMILES string of the molecule is Cc1ccc(Nc2c(C)c(=O)n(C)c3c(-c4cccc(N=S(C)(=O)N(C)C)c4)nn(C4CC4)c(=O)c23)c(F)c1. The van der Waals surface area contributed by atoms with Gasteiger partial charge in [-0.2, -0.15) is 9.46 Å². The molecule has 204 valence electrons. The first-order chi connectivity index (χ1) is 18.4. The second-order valence-corrected chi connectivity index (χ2v) is 12.7. The van der Waals surface area contributed by atoms with E-state index in [4.69, 9.17) is 5.10 Å². The van der Waals surface area contributed by atoms with Crippen molar-refractivity contribution in [1.82, 2.24) is 18.7 Å². The van der Waals surface area contributed by atoms with Gasteiger partial charge in [0.1, 0.15) is 21.4 Å². The number of nitrogens with one attached hydrogen (secondary N) is 1. The molecule has 2 heterocycles. The number of aromatic nitrogens is 3. The van der Waals surface area contributed by atoms with Crippen molar-refractivity contribution in [3.63, 3.8) is 0 Å². The summed E-state index contributed by atoms with van der Waals surface area (Å²) in [5, 5.41) is 8.03. The molecule has 39 heavy (non-hydrogen) atoms. The zero-order chi connectivity index (χ0) is 28.2. The third-order valence-corrected chi connectivity index (χ3v) is 8.93. The first-order valence-electron chi connectivity index (χ1n) is 12.6. The monoisotopic (exact) mass is 550 g/mol. The summed E-state index contributed by atoms with van der Waals surface area (Å²) in [6, 6.07) is 11.8. The zero-order valence-electron chi connectivity index (χ0n) is 22.8. The Bertz CT molecular complexity index is 1880. The predicted molar refractivity (Wildman–Crippen MR) is 154 cm³/mol. The van der Waals surface area contributed by atoms with Crippen LogP contribution in [0.1, 0.15) is 30.0 Å². The molecule has 0 saturated heterocycles. The van der Waals surface area contributed by atoms with Gasteiger partial charge in [-0.1, -0.05) is 18.2 Å². The van der Waals surface area contributed by atoms with Crippen molar-refractivity contribution >= 4 is 37.9 Å². The quantitative estimate of drug-likeness (QED) is 0.372. The Hall–Kier alpha value is -3.83. The third-order valence-electron chi connectivity index (χ3n) is 7.03. The van der Waals surface area contributed by atoms with E-state index >= 15 is 0 Å². The molecule has 2 aromatic heterocycles. The molecule has 1 atom stereocenters. The van der Waals surface area contributed by atoms with E-state index in [2.05, 4.69) is 9.68 Å². The zero-order valence-corrected chi connectivity index (χ0v) is 23.6. The molecule has 0 bridgehead atoms. The minimum absolute atomic E-state index is 0.0573. The standard InChI is InChI=1S/C28H31FN6O3S/c1-16-10-13-22(21(29)14-16)30-24-17(2)27(36)34(5)26-23(24)28(37)35(20-11-12-20)31-25(26)18-8-7-9-19(15-18)32-39(6,38)33(3)4/h7-10,13-15,20,30H,11-12H2,1-6H3. The van der Waals surface area contributed by atoms with Crippen LogP contribution in [-0.4, -0.2) is 43.2 Å². The molecule has 1 aliphatic carbocycles. The van der Waals surface area contributed by atoms with Gasteiger partial charge in [-0.05, 0) is 56.5 Å². The number of anilines is 2. The maximum absolute atomic E-state index is 14.9. The van der Waals surface area contributed by atoms with Gasteiger partial charge in [0.25, 0.3) is 11.1 Å². The third kappa shape index (κ3) is 4.87. The van der Waals surface area contributed by atoms with Crippen molar-refractivity contribution in [2.45, 2.75) is 32.7 Å². The summed E-state index contributed by atoms with van der Waals surface area (Å²) in [6.45, 7) is 3.41. The van der Waals surface area contributed by atoms with Crippen LogP contribution in [0.3, 0.4) is 0 Å². The van der Waals surface area contributed by atoms with Crippen LogP contribution in [0.25, 0.3) is 22.2 Å². The fourth-order valence-electron chi connectivity index (χ4n) is 4.49. The maximum Gasteiger partial charge on any atom is 0.278 e. The van der Waals surface area contributed by atoms with Crippen LogP contribution < -0.4 is 16.4 Å². The molecule has 1 fully saturated rings. The Morgan fingerprint density at radius 1 is 1.10 bits per heavy atom. The van der Waals surface area contributed by atoms with E-state index in [-0.39, 0.29) is 33.9 Å². The van der Waals surface area contributed by atoms with E-state index in [0.717, 1.165) is 18.4 Å². The lowest BCUT2D eigenvalue weighted by Gasteiger charge is -2.19. The number of pyridine rings is 1. The second kappa shape index (κ2) is 9.73. The lowest BCUT2D eigenvalue weighted by atomic mass is 10.0. The van der Waals surface area contributed by atoms with Crippen molar-refractivity contribution in [1.29, 1.82) is 0 Å². The van der Waals surface area contributed by atoms with Gasteiger partial charge < -0.3 is 9.88 Å². The summed E-state index contributed by atoms with van der Waals surface area (Å²) in [4.78, 5) is 27.3. The average molecular weight is 551 g/mol. The van der Waals surface area contributed by atoms with E-state index in [9.17, 15) is 18.2 Å². The lowest BCUT2D eigenvalue weighted by molar-refractivity contribution is 0.598. The largest absolute Gasteiger partial charge is 0.352 e. The molecule has 5 rings (SSSR count). The Labute approximate surface area is 226 Å². The molecule has 2 aromatic carbocycles. The number of hydrogen-bond donors (Lipinski definition) is 1. The fourth-order valence-corrected chi connectivity index (χ4v) is 5.16. The van der Waals surface area contributed by atoms with Crippen LogP contribution in [0.4, 0.5) is 21.5 Å². The van der Waals surface area contributed by atoms with Crippen molar-refractivity contribution < 1.29 is 8.60 Å². The number of aryl methyl sites for hydroxylation is 2. The minimum atomic E-state index is -2.65. The number of nitrogens with zero attached hydrogens (tertiary/aromatic N) is 5. The minimum Gasteiger partial charge on any atom is -0.352 e. The van der Waals surface area contributed by atoms with Gasteiger partial charge in [-0.25, -0.2) is 17.6 Å². The highest BCUT2D eigenvalue weighted by Crippen LogP contribution is 2.37. The molecular weight excluding hydrogens is 519 g/mol. The molecular formula is C28H31FN6O3S. The van der Waals surface area contributed by atoms with E-state index in [1.807, 2.05) is 6.07 Å². The molecule has 1 unspecified atom stereocenters. The second-order valence-electron chi connectivity index (χ2n) is 10.2. The summed E-state index contributed by atoms with van der Waals surface area (Å²) in [6.07, 6.45) is 3.18. The van der Waals surface area contributed by atoms with Crippen LogP contribution in [-0.2, 0) is 17.0 Å². The van der Waals surface area contributed by atoms with Gasteiger partial charge in [0.2, 0.25) is 0 Å². The number of hydrogen-bond acceptors (Lipinski definition) is 6. The molecule has 1 N–H and O–H groups in total. The normalized spacial score (nSPS) is 15.0. The van der Waals surface area contributed by atoms with Crippen molar-refractivity contribution in [3.8, 4) is 11.3 Å². The van der Waals surface area contributed by atoms with E-state index < -0.39 is 15.7 Å². The van der Waals surface area contributed by atoms with Gasteiger partial charge in [-0.3, -0.25) is 9.59 Å². The predicted octanol–water partition coefficient (Wildman–Crippen LogP) is 4.80. The molecule has 0 amide bonds. The van der Waals surface area contributed by atoms with Crippen molar-refractivity contribution in [2.75, 3.05) is 25.7 Å². The van der Waals surface area contributed by atoms with Gasteiger partial charge in [0.05, 0.1) is 34.0 Å².